The molecule has 0 aliphatic carbocycles. The first-order chi connectivity index (χ1) is 16.5. The summed E-state index contributed by atoms with van der Waals surface area (Å²) >= 11 is 0. The van der Waals surface area contributed by atoms with Crippen molar-refractivity contribution in [2.24, 2.45) is 5.10 Å². The number of hydrogen-bond acceptors (Lipinski definition) is 6. The summed E-state index contributed by atoms with van der Waals surface area (Å²) in [4.78, 5) is 19.3. The molecule has 0 radical (unpaired) electrons. The van der Waals surface area contributed by atoms with Gasteiger partial charge in [0.2, 0.25) is 5.95 Å². The number of hydrogen-bond donors (Lipinski definition) is 2. The van der Waals surface area contributed by atoms with Crippen LogP contribution in [0.1, 0.15) is 27.8 Å². The number of nitrogens with one attached hydrogen (secondary N) is 2. The number of rotatable bonds is 7. The molecule has 7 heteroatoms. The number of nitrogens with zero attached hydrogens (tertiary/aromatic N) is 3. The second-order valence-electron chi connectivity index (χ2n) is 7.73. The van der Waals surface area contributed by atoms with E-state index < -0.39 is 5.56 Å². The van der Waals surface area contributed by atoms with Gasteiger partial charge in [-0.05, 0) is 42.7 Å². The first kappa shape index (κ1) is 22.5. The maximum Gasteiger partial charge on any atom is 0.270 e. The Morgan fingerprint density at radius 2 is 1.71 bits per heavy atom. The third-order valence-corrected chi connectivity index (χ3v) is 5.26. The molecule has 2 N–H and O–H groups in total. The molecule has 168 valence electrons. The maximum absolute atomic E-state index is 12.4. The monoisotopic (exact) mass is 449 g/mol. The van der Waals surface area contributed by atoms with Gasteiger partial charge in [0.25, 0.3) is 5.56 Å². The molecule has 0 aliphatic rings. The van der Waals surface area contributed by atoms with E-state index in [9.17, 15) is 10.1 Å². The number of anilines is 1. The van der Waals surface area contributed by atoms with Crippen LogP contribution in [-0.4, -0.2) is 16.2 Å². The minimum atomic E-state index is -0.527. The van der Waals surface area contributed by atoms with E-state index in [2.05, 4.69) is 20.5 Å². The van der Waals surface area contributed by atoms with Crippen molar-refractivity contribution in [1.29, 1.82) is 5.26 Å². The topological polar surface area (TPSA) is 103 Å². The Balaban J connectivity index is 1.52. The van der Waals surface area contributed by atoms with Gasteiger partial charge in [0, 0.05) is 11.1 Å². The molecule has 0 aliphatic heterocycles. The van der Waals surface area contributed by atoms with Crippen LogP contribution in [0.15, 0.2) is 82.7 Å². The van der Waals surface area contributed by atoms with Gasteiger partial charge in [-0.25, -0.2) is 10.4 Å². The van der Waals surface area contributed by atoms with E-state index in [-0.39, 0.29) is 11.5 Å². The summed E-state index contributed by atoms with van der Waals surface area (Å²) in [6, 6.07) is 25.0. The molecule has 0 amide bonds. The first-order valence-corrected chi connectivity index (χ1v) is 10.7. The van der Waals surface area contributed by atoms with Gasteiger partial charge in [-0.2, -0.15) is 10.4 Å². The zero-order valence-electron chi connectivity index (χ0n) is 18.9. The fourth-order valence-corrected chi connectivity index (χ4v) is 3.56. The fraction of sp³-hybridized carbons (Fsp3) is 0.111. The Hall–Kier alpha value is -4.70. The van der Waals surface area contributed by atoms with E-state index in [1.807, 2.05) is 80.6 Å². The number of benzene rings is 3. The predicted octanol–water partition coefficient (Wildman–Crippen LogP) is 4.95. The van der Waals surface area contributed by atoms with Gasteiger partial charge in [0.1, 0.15) is 24.0 Å². The average molecular weight is 450 g/mol. The Labute approximate surface area is 197 Å². The van der Waals surface area contributed by atoms with Crippen molar-refractivity contribution in [3.8, 4) is 23.1 Å². The predicted molar refractivity (Wildman–Crippen MR) is 133 cm³/mol. The van der Waals surface area contributed by atoms with E-state index in [1.165, 1.54) is 0 Å². The second kappa shape index (κ2) is 10.3. The standard InChI is InChI=1S/C27H23N5O2/c1-18-13-22(34-17-20-9-5-3-6-10-20)14-19(2)24(18)16-29-32-27-30-25(21-11-7-4-8-12-21)23(15-28)26(33)31-27/h3-14,16H,17H2,1-2H3,(H2,30,31,32,33). The van der Waals surface area contributed by atoms with Crippen LogP contribution in [0.25, 0.3) is 11.3 Å². The maximum atomic E-state index is 12.4. The highest BCUT2D eigenvalue weighted by Crippen LogP contribution is 2.22. The average Bonchev–Trinajstić information content (AvgIpc) is 2.85. The molecule has 0 spiro atoms. The molecular formula is C27H23N5O2. The highest BCUT2D eigenvalue weighted by molar-refractivity contribution is 5.84. The Morgan fingerprint density at radius 3 is 2.35 bits per heavy atom. The number of aromatic nitrogens is 2. The zero-order chi connectivity index (χ0) is 23.9. The Kier molecular flexibility index (Phi) is 6.80. The Morgan fingerprint density at radius 1 is 1.06 bits per heavy atom. The lowest BCUT2D eigenvalue weighted by molar-refractivity contribution is 0.306. The molecule has 4 aromatic rings. The lowest BCUT2D eigenvalue weighted by atomic mass is 10.0. The smallest absolute Gasteiger partial charge is 0.270 e. The molecule has 1 aromatic heterocycles. The lowest BCUT2D eigenvalue weighted by Gasteiger charge is -2.11. The highest BCUT2D eigenvalue weighted by atomic mass is 16.5. The van der Waals surface area contributed by atoms with Crippen molar-refractivity contribution in [2.75, 3.05) is 5.43 Å². The fourth-order valence-electron chi connectivity index (χ4n) is 3.56. The molecule has 0 atom stereocenters. The van der Waals surface area contributed by atoms with Crippen LogP contribution in [0, 0.1) is 25.2 Å². The van der Waals surface area contributed by atoms with Gasteiger partial charge in [0.05, 0.1) is 11.9 Å². The van der Waals surface area contributed by atoms with Crippen molar-refractivity contribution in [1.82, 2.24) is 9.97 Å². The summed E-state index contributed by atoms with van der Waals surface area (Å²) in [5, 5.41) is 13.6. The zero-order valence-corrected chi connectivity index (χ0v) is 18.9. The quantitative estimate of drug-likeness (QED) is 0.307. The van der Waals surface area contributed by atoms with Crippen molar-refractivity contribution in [3.63, 3.8) is 0 Å². The van der Waals surface area contributed by atoms with E-state index in [1.54, 1.807) is 18.3 Å². The minimum Gasteiger partial charge on any atom is -0.489 e. The van der Waals surface area contributed by atoms with Crippen molar-refractivity contribution < 1.29 is 4.74 Å². The van der Waals surface area contributed by atoms with Crippen LogP contribution in [0.5, 0.6) is 5.75 Å². The molecule has 4 rings (SSSR count). The molecule has 0 saturated heterocycles. The van der Waals surface area contributed by atoms with E-state index >= 15 is 0 Å². The summed E-state index contributed by atoms with van der Waals surface area (Å²) < 4.78 is 5.94. The third-order valence-electron chi connectivity index (χ3n) is 5.26. The molecule has 1 heterocycles. The molecule has 0 bridgehead atoms. The molecule has 0 fully saturated rings. The van der Waals surface area contributed by atoms with Crippen LogP contribution < -0.4 is 15.7 Å². The van der Waals surface area contributed by atoms with Gasteiger partial charge in [-0.3, -0.25) is 9.78 Å². The number of hydrazone groups is 1. The number of H-pyrrole nitrogens is 1. The van der Waals surface area contributed by atoms with E-state index in [0.717, 1.165) is 28.0 Å². The van der Waals surface area contributed by atoms with Crippen LogP contribution in [0.3, 0.4) is 0 Å². The summed E-state index contributed by atoms with van der Waals surface area (Å²) in [6.07, 6.45) is 1.67. The molecule has 3 aromatic carbocycles. The second-order valence-corrected chi connectivity index (χ2v) is 7.73. The van der Waals surface area contributed by atoms with Crippen LogP contribution >= 0.6 is 0 Å². The van der Waals surface area contributed by atoms with Gasteiger partial charge in [0.15, 0.2) is 0 Å². The van der Waals surface area contributed by atoms with Gasteiger partial charge >= 0.3 is 0 Å². The number of ether oxygens (including phenoxy) is 1. The van der Waals surface area contributed by atoms with E-state index in [4.69, 9.17) is 4.74 Å². The summed E-state index contributed by atoms with van der Waals surface area (Å²) in [5.74, 6) is 0.937. The molecular weight excluding hydrogens is 426 g/mol. The largest absolute Gasteiger partial charge is 0.489 e. The molecule has 0 unspecified atom stereocenters. The number of aromatic amines is 1. The van der Waals surface area contributed by atoms with E-state index in [0.29, 0.717) is 17.9 Å². The molecule has 34 heavy (non-hydrogen) atoms. The third kappa shape index (κ3) is 5.19. The van der Waals surface area contributed by atoms with Gasteiger partial charge in [-0.15, -0.1) is 0 Å². The van der Waals surface area contributed by atoms with Crippen molar-refractivity contribution >= 4 is 12.2 Å². The molecule has 7 nitrogen and oxygen atoms in total. The lowest BCUT2D eigenvalue weighted by Crippen LogP contribution is -2.16. The van der Waals surface area contributed by atoms with Crippen LogP contribution in [-0.2, 0) is 6.61 Å². The number of nitriles is 1. The van der Waals surface area contributed by atoms with Crippen LogP contribution in [0.2, 0.25) is 0 Å². The van der Waals surface area contributed by atoms with Crippen molar-refractivity contribution in [3.05, 3.63) is 111 Å². The minimum absolute atomic E-state index is 0.0430. The number of aryl methyl sites for hydroxylation is 2. The first-order valence-electron chi connectivity index (χ1n) is 10.7. The summed E-state index contributed by atoms with van der Waals surface area (Å²) in [5.41, 5.74) is 7.21. The Bertz CT molecular complexity index is 1400. The highest BCUT2D eigenvalue weighted by Gasteiger charge is 2.13. The normalized spacial score (nSPS) is 10.7. The van der Waals surface area contributed by atoms with Gasteiger partial charge in [-0.1, -0.05) is 60.7 Å². The SMILES string of the molecule is Cc1cc(OCc2ccccc2)cc(C)c1C=NNc1nc(-c2ccccc2)c(C#N)c(=O)[nH]1. The van der Waals surface area contributed by atoms with Crippen LogP contribution in [0.4, 0.5) is 5.95 Å². The van der Waals surface area contributed by atoms with Crippen molar-refractivity contribution in [2.45, 2.75) is 20.5 Å². The summed E-state index contributed by atoms with van der Waals surface area (Å²) in [6.45, 7) is 4.47. The summed E-state index contributed by atoms with van der Waals surface area (Å²) in [7, 11) is 0. The van der Waals surface area contributed by atoms with Gasteiger partial charge < -0.3 is 4.74 Å². The molecule has 0 saturated carbocycles.